The Labute approximate surface area is 144 Å². The quantitative estimate of drug-likeness (QED) is 0.841. The molecule has 2 heterocycles. The van der Waals surface area contributed by atoms with Gasteiger partial charge in [-0.25, -0.2) is 0 Å². The first-order chi connectivity index (χ1) is 11.5. The van der Waals surface area contributed by atoms with E-state index in [0.717, 1.165) is 38.4 Å². The van der Waals surface area contributed by atoms with E-state index in [1.54, 1.807) is 0 Å². The van der Waals surface area contributed by atoms with Crippen LogP contribution >= 0.6 is 0 Å². The number of nitrogens with zero attached hydrogens (tertiary/aromatic N) is 3. The van der Waals surface area contributed by atoms with Crippen molar-refractivity contribution >= 4 is 0 Å². The monoisotopic (exact) mass is 329 g/mol. The topological polar surface area (TPSA) is 51.4 Å². The van der Waals surface area contributed by atoms with Crippen molar-refractivity contribution in [1.82, 2.24) is 15.1 Å². The number of ether oxygens (including phenoxy) is 1. The van der Waals surface area contributed by atoms with E-state index in [-0.39, 0.29) is 6.10 Å². The second-order valence-electron chi connectivity index (χ2n) is 6.84. The predicted molar refractivity (Wildman–Crippen MR) is 93.0 cm³/mol. The minimum atomic E-state index is 0.159. The van der Waals surface area contributed by atoms with Gasteiger partial charge in [-0.3, -0.25) is 4.90 Å². The summed E-state index contributed by atoms with van der Waals surface area (Å²) in [6.07, 6.45) is 2.01. The second-order valence-corrected chi connectivity index (χ2v) is 6.84. The van der Waals surface area contributed by atoms with Crippen molar-refractivity contribution in [2.24, 2.45) is 0 Å². The average molecular weight is 329 g/mol. The van der Waals surface area contributed by atoms with Crippen molar-refractivity contribution < 1.29 is 9.15 Å². The van der Waals surface area contributed by atoms with Crippen LogP contribution in [-0.4, -0.2) is 40.8 Å². The van der Waals surface area contributed by atoms with E-state index in [9.17, 15) is 0 Å². The normalized spacial score (nSPS) is 22.0. The number of aromatic nitrogens is 2. The van der Waals surface area contributed by atoms with Crippen molar-refractivity contribution in [2.45, 2.75) is 52.7 Å². The number of aryl methyl sites for hydroxylation is 4. The van der Waals surface area contributed by atoms with Crippen molar-refractivity contribution in [2.75, 3.05) is 19.7 Å². The maximum absolute atomic E-state index is 6.13. The summed E-state index contributed by atoms with van der Waals surface area (Å²) >= 11 is 0. The van der Waals surface area contributed by atoms with E-state index >= 15 is 0 Å². The standard InChI is InChI=1S/C19H27N3O2/c1-13-7-8-14(2)17(10-13)18-11-22(15(3)12-23-18)9-5-6-19-21-20-16(4)24-19/h7-8,10,15,18H,5-6,9,11-12H2,1-4H3/t15-,18-/m0/s1. The maximum atomic E-state index is 6.13. The van der Waals surface area contributed by atoms with Crippen LogP contribution in [-0.2, 0) is 11.2 Å². The van der Waals surface area contributed by atoms with Crippen LogP contribution in [0.4, 0.5) is 0 Å². The highest BCUT2D eigenvalue weighted by molar-refractivity contribution is 5.32. The van der Waals surface area contributed by atoms with Crippen LogP contribution in [0.25, 0.3) is 0 Å². The van der Waals surface area contributed by atoms with Gasteiger partial charge in [-0.1, -0.05) is 23.8 Å². The lowest BCUT2D eigenvalue weighted by Gasteiger charge is -2.38. The summed E-state index contributed by atoms with van der Waals surface area (Å²) in [6.45, 7) is 11.1. The van der Waals surface area contributed by atoms with E-state index in [1.165, 1.54) is 16.7 Å². The van der Waals surface area contributed by atoms with Crippen LogP contribution in [0, 0.1) is 20.8 Å². The number of morpholine rings is 1. The van der Waals surface area contributed by atoms with E-state index in [0.29, 0.717) is 11.9 Å². The molecule has 0 unspecified atom stereocenters. The molecule has 0 bridgehead atoms. The third-order valence-corrected chi connectivity index (χ3v) is 4.75. The molecule has 2 aromatic rings. The molecule has 0 saturated carbocycles. The highest BCUT2D eigenvalue weighted by Crippen LogP contribution is 2.28. The zero-order valence-corrected chi connectivity index (χ0v) is 15.1. The molecule has 1 aromatic heterocycles. The molecule has 5 nitrogen and oxygen atoms in total. The van der Waals surface area contributed by atoms with Crippen LogP contribution in [0.3, 0.4) is 0 Å². The average Bonchev–Trinajstić information content (AvgIpc) is 2.97. The van der Waals surface area contributed by atoms with Crippen LogP contribution in [0.1, 0.15) is 47.9 Å². The van der Waals surface area contributed by atoms with Gasteiger partial charge in [0.25, 0.3) is 0 Å². The van der Waals surface area contributed by atoms with E-state index in [2.05, 4.69) is 54.1 Å². The van der Waals surface area contributed by atoms with Gasteiger partial charge in [0, 0.05) is 25.9 Å². The summed E-state index contributed by atoms with van der Waals surface area (Å²) in [5.74, 6) is 1.37. The third-order valence-electron chi connectivity index (χ3n) is 4.75. The van der Waals surface area contributed by atoms with E-state index < -0.39 is 0 Å². The first kappa shape index (κ1) is 17.1. The van der Waals surface area contributed by atoms with Gasteiger partial charge in [-0.2, -0.15) is 0 Å². The van der Waals surface area contributed by atoms with E-state index in [1.807, 2.05) is 6.92 Å². The van der Waals surface area contributed by atoms with Gasteiger partial charge >= 0.3 is 0 Å². The lowest BCUT2D eigenvalue weighted by atomic mass is 9.98. The van der Waals surface area contributed by atoms with Gasteiger partial charge in [-0.05, 0) is 44.9 Å². The van der Waals surface area contributed by atoms with E-state index in [4.69, 9.17) is 9.15 Å². The fraction of sp³-hybridized carbons (Fsp3) is 0.579. The SMILES string of the molecule is Cc1ccc(C)c([C@@H]2CN(CCCc3nnc(C)o3)[C@@H](C)CO2)c1. The summed E-state index contributed by atoms with van der Waals surface area (Å²) in [7, 11) is 0. The molecule has 24 heavy (non-hydrogen) atoms. The van der Waals surface area contributed by atoms with Gasteiger partial charge < -0.3 is 9.15 Å². The fourth-order valence-corrected chi connectivity index (χ4v) is 3.28. The molecule has 1 aliphatic rings. The molecule has 5 heteroatoms. The predicted octanol–water partition coefficient (Wildman–Crippen LogP) is 3.39. The van der Waals surface area contributed by atoms with Crippen molar-refractivity contribution in [3.8, 4) is 0 Å². The van der Waals surface area contributed by atoms with Crippen LogP contribution in [0.5, 0.6) is 0 Å². The molecule has 0 spiro atoms. The number of hydrogen-bond donors (Lipinski definition) is 0. The number of rotatable bonds is 5. The van der Waals surface area contributed by atoms with Crippen molar-refractivity contribution in [3.05, 3.63) is 46.7 Å². The van der Waals surface area contributed by atoms with Crippen LogP contribution < -0.4 is 0 Å². The Kier molecular flexibility index (Phi) is 5.31. The largest absolute Gasteiger partial charge is 0.426 e. The highest BCUT2D eigenvalue weighted by Gasteiger charge is 2.27. The fourth-order valence-electron chi connectivity index (χ4n) is 3.28. The molecule has 1 aliphatic heterocycles. The number of benzene rings is 1. The Bertz CT molecular complexity index is 683. The molecule has 0 aliphatic carbocycles. The molecule has 0 radical (unpaired) electrons. The lowest BCUT2D eigenvalue weighted by molar-refractivity contribution is -0.0605. The molecule has 0 amide bonds. The first-order valence-corrected chi connectivity index (χ1v) is 8.74. The summed E-state index contributed by atoms with van der Waals surface area (Å²) in [5.41, 5.74) is 3.91. The Morgan fingerprint density at radius 1 is 1.21 bits per heavy atom. The Balaban J connectivity index is 1.59. The minimum Gasteiger partial charge on any atom is -0.426 e. The van der Waals surface area contributed by atoms with Crippen LogP contribution in [0.15, 0.2) is 22.6 Å². The highest BCUT2D eigenvalue weighted by atomic mass is 16.5. The van der Waals surface area contributed by atoms with Crippen molar-refractivity contribution in [1.29, 1.82) is 0 Å². The van der Waals surface area contributed by atoms with Gasteiger partial charge in [-0.15, -0.1) is 10.2 Å². The molecule has 1 aromatic carbocycles. The molecule has 1 fully saturated rings. The number of hydrogen-bond acceptors (Lipinski definition) is 5. The maximum Gasteiger partial charge on any atom is 0.216 e. The molecule has 130 valence electrons. The molecule has 3 rings (SSSR count). The van der Waals surface area contributed by atoms with Crippen molar-refractivity contribution in [3.63, 3.8) is 0 Å². The molecule has 0 N–H and O–H groups in total. The summed E-state index contributed by atoms with van der Waals surface area (Å²) in [5, 5.41) is 7.96. The molecular formula is C19H27N3O2. The zero-order valence-electron chi connectivity index (χ0n) is 15.1. The minimum absolute atomic E-state index is 0.159. The lowest BCUT2D eigenvalue weighted by Crippen LogP contribution is -2.45. The summed E-state index contributed by atoms with van der Waals surface area (Å²) < 4.78 is 11.6. The molecule has 2 atom stereocenters. The van der Waals surface area contributed by atoms with Gasteiger partial charge in [0.1, 0.15) is 0 Å². The van der Waals surface area contributed by atoms with Gasteiger partial charge in [0.15, 0.2) is 0 Å². The Hall–Kier alpha value is -1.72. The summed E-state index contributed by atoms with van der Waals surface area (Å²) in [4.78, 5) is 2.51. The zero-order chi connectivity index (χ0) is 17.1. The third kappa shape index (κ3) is 4.02. The second kappa shape index (κ2) is 7.45. The van der Waals surface area contributed by atoms with Crippen LogP contribution in [0.2, 0.25) is 0 Å². The Morgan fingerprint density at radius 3 is 2.79 bits per heavy atom. The first-order valence-electron chi connectivity index (χ1n) is 8.74. The van der Waals surface area contributed by atoms with Gasteiger partial charge in [0.2, 0.25) is 11.8 Å². The molecular weight excluding hydrogens is 302 g/mol. The van der Waals surface area contributed by atoms with Gasteiger partial charge in [0.05, 0.1) is 12.7 Å². The molecule has 1 saturated heterocycles. The summed E-state index contributed by atoms with van der Waals surface area (Å²) in [6, 6.07) is 7.05. The Morgan fingerprint density at radius 2 is 2.04 bits per heavy atom. The smallest absolute Gasteiger partial charge is 0.216 e.